The molecule has 2 aromatic heterocycles. The highest BCUT2D eigenvalue weighted by molar-refractivity contribution is 6.02. The zero-order valence-electron chi connectivity index (χ0n) is 21.3. The van der Waals surface area contributed by atoms with E-state index in [2.05, 4.69) is 20.4 Å². The number of carbonyl (C=O) groups is 2. The van der Waals surface area contributed by atoms with Crippen molar-refractivity contribution in [1.29, 1.82) is 0 Å². The van der Waals surface area contributed by atoms with E-state index in [4.69, 9.17) is 0 Å². The van der Waals surface area contributed by atoms with Crippen LogP contribution < -0.4 is 10.2 Å². The molecule has 3 unspecified atom stereocenters. The van der Waals surface area contributed by atoms with Gasteiger partial charge < -0.3 is 10.2 Å². The first-order valence-electron chi connectivity index (χ1n) is 12.6. The minimum absolute atomic E-state index is 0.0493. The molecule has 2 amide bonds. The Morgan fingerprint density at radius 3 is 2.44 bits per heavy atom. The van der Waals surface area contributed by atoms with E-state index < -0.39 is 23.9 Å². The monoisotopic (exact) mass is 520 g/mol. The Hall–Kier alpha value is -4.92. The lowest BCUT2D eigenvalue weighted by atomic mass is 9.93. The highest BCUT2D eigenvalue weighted by Crippen LogP contribution is 2.41. The number of halogens is 1. The standard InChI is InChI=1S/C30H25FN6O2/c1-18-5-3-6-20(15-18)27-26(35-29(38)28-32-13-4-14-33-28)19(2)30(39)36(27)24-11-12-25-21(16-24)17-34-37(25)23-9-7-22(31)8-10-23/h3-17,19,26-27H,1-2H3,(H,35,38). The van der Waals surface area contributed by atoms with Gasteiger partial charge in [0.15, 0.2) is 0 Å². The summed E-state index contributed by atoms with van der Waals surface area (Å²) in [6, 6.07) is 20.4. The molecule has 0 spiro atoms. The van der Waals surface area contributed by atoms with Crippen LogP contribution in [0.15, 0.2) is 91.4 Å². The Morgan fingerprint density at radius 1 is 0.949 bits per heavy atom. The van der Waals surface area contributed by atoms with Crippen molar-refractivity contribution >= 4 is 28.4 Å². The van der Waals surface area contributed by atoms with Crippen LogP contribution in [0.4, 0.5) is 10.1 Å². The number of anilines is 1. The summed E-state index contributed by atoms with van der Waals surface area (Å²) in [4.78, 5) is 36.7. The smallest absolute Gasteiger partial charge is 0.289 e. The van der Waals surface area contributed by atoms with E-state index in [1.807, 2.05) is 56.3 Å². The van der Waals surface area contributed by atoms with Gasteiger partial charge in [-0.15, -0.1) is 0 Å². The fourth-order valence-corrected chi connectivity index (χ4v) is 5.24. The topological polar surface area (TPSA) is 93.0 Å². The van der Waals surface area contributed by atoms with Gasteiger partial charge in [0, 0.05) is 23.5 Å². The molecule has 5 aromatic rings. The average Bonchev–Trinajstić information content (AvgIpc) is 3.48. The van der Waals surface area contributed by atoms with Crippen LogP contribution in [0.2, 0.25) is 0 Å². The lowest BCUT2D eigenvalue weighted by Crippen LogP contribution is -2.42. The molecule has 9 heteroatoms. The molecule has 39 heavy (non-hydrogen) atoms. The molecule has 1 saturated heterocycles. The molecule has 8 nitrogen and oxygen atoms in total. The Labute approximate surface area is 224 Å². The third-order valence-corrected chi connectivity index (χ3v) is 7.14. The molecular formula is C30H25FN6O2. The summed E-state index contributed by atoms with van der Waals surface area (Å²) in [5.74, 6) is -1.31. The molecule has 0 radical (unpaired) electrons. The maximum atomic E-state index is 13.8. The lowest BCUT2D eigenvalue weighted by Gasteiger charge is -2.29. The second-order valence-electron chi connectivity index (χ2n) is 9.70. The molecule has 6 rings (SSSR count). The van der Waals surface area contributed by atoms with Crippen molar-refractivity contribution in [3.05, 3.63) is 114 Å². The van der Waals surface area contributed by atoms with Gasteiger partial charge in [0.1, 0.15) is 5.82 Å². The summed E-state index contributed by atoms with van der Waals surface area (Å²) < 4.78 is 15.2. The number of hydrogen-bond acceptors (Lipinski definition) is 5. The second-order valence-corrected chi connectivity index (χ2v) is 9.70. The van der Waals surface area contributed by atoms with E-state index in [1.165, 1.54) is 24.5 Å². The van der Waals surface area contributed by atoms with Gasteiger partial charge in [-0.05, 0) is 61.0 Å². The third-order valence-electron chi connectivity index (χ3n) is 7.14. The first-order chi connectivity index (χ1) is 18.9. The molecule has 3 aromatic carbocycles. The van der Waals surface area contributed by atoms with E-state index in [-0.39, 0.29) is 17.5 Å². The molecule has 0 saturated carbocycles. The van der Waals surface area contributed by atoms with Crippen molar-refractivity contribution in [3.63, 3.8) is 0 Å². The fraction of sp³-hybridized carbons (Fsp3) is 0.167. The predicted molar refractivity (Wildman–Crippen MR) is 145 cm³/mol. The average molecular weight is 521 g/mol. The van der Waals surface area contributed by atoms with E-state index in [0.717, 1.165) is 27.7 Å². The van der Waals surface area contributed by atoms with Crippen LogP contribution in [0.3, 0.4) is 0 Å². The van der Waals surface area contributed by atoms with Crippen molar-refractivity contribution in [2.45, 2.75) is 25.9 Å². The van der Waals surface area contributed by atoms with Crippen molar-refractivity contribution in [3.8, 4) is 5.69 Å². The summed E-state index contributed by atoms with van der Waals surface area (Å²) in [7, 11) is 0. The van der Waals surface area contributed by atoms with Crippen LogP contribution in [-0.4, -0.2) is 37.6 Å². The predicted octanol–water partition coefficient (Wildman–Crippen LogP) is 4.79. The molecular weight excluding hydrogens is 495 g/mol. The summed E-state index contributed by atoms with van der Waals surface area (Å²) in [5.41, 5.74) is 4.20. The number of hydrogen-bond donors (Lipinski definition) is 1. The normalized spacial score (nSPS) is 19.0. The number of nitrogens with zero attached hydrogens (tertiary/aromatic N) is 5. The molecule has 1 aliphatic rings. The molecule has 3 heterocycles. The van der Waals surface area contributed by atoms with Gasteiger partial charge in [-0.1, -0.05) is 36.8 Å². The second kappa shape index (κ2) is 9.75. The number of aromatic nitrogens is 4. The maximum absolute atomic E-state index is 13.8. The number of rotatable bonds is 5. The number of carbonyl (C=O) groups excluding carboxylic acids is 2. The summed E-state index contributed by atoms with van der Waals surface area (Å²) in [6.45, 7) is 3.82. The molecule has 194 valence electrons. The fourth-order valence-electron chi connectivity index (χ4n) is 5.24. The number of fused-ring (bicyclic) bond motifs is 1. The Kier molecular flexibility index (Phi) is 6.11. The quantitative estimate of drug-likeness (QED) is 0.360. The van der Waals surface area contributed by atoms with Crippen molar-refractivity contribution in [2.75, 3.05) is 4.90 Å². The van der Waals surface area contributed by atoms with Crippen molar-refractivity contribution in [1.82, 2.24) is 25.1 Å². The van der Waals surface area contributed by atoms with E-state index >= 15 is 0 Å². The van der Waals surface area contributed by atoms with Gasteiger partial charge in [-0.2, -0.15) is 5.10 Å². The molecule has 0 aliphatic carbocycles. The summed E-state index contributed by atoms with van der Waals surface area (Å²) in [5, 5.41) is 8.35. The Bertz CT molecular complexity index is 1690. The highest BCUT2D eigenvalue weighted by Gasteiger charge is 2.48. The van der Waals surface area contributed by atoms with Gasteiger partial charge in [-0.25, -0.2) is 19.0 Å². The first kappa shape index (κ1) is 24.4. The number of benzene rings is 3. The van der Waals surface area contributed by atoms with Crippen molar-refractivity contribution < 1.29 is 14.0 Å². The Balaban J connectivity index is 1.41. The van der Waals surface area contributed by atoms with Crippen LogP contribution in [-0.2, 0) is 4.79 Å². The summed E-state index contributed by atoms with van der Waals surface area (Å²) in [6.07, 6.45) is 4.74. The minimum atomic E-state index is -0.520. The van der Waals surface area contributed by atoms with Crippen molar-refractivity contribution in [2.24, 2.45) is 5.92 Å². The van der Waals surface area contributed by atoms with Crippen LogP contribution in [0, 0.1) is 18.7 Å². The van der Waals surface area contributed by atoms with Crippen LogP contribution in [0.25, 0.3) is 16.6 Å². The van der Waals surface area contributed by atoms with Gasteiger partial charge >= 0.3 is 0 Å². The highest BCUT2D eigenvalue weighted by atomic mass is 19.1. The van der Waals surface area contributed by atoms with Crippen LogP contribution in [0.5, 0.6) is 0 Å². The largest absolute Gasteiger partial charge is 0.343 e. The number of amides is 2. The van der Waals surface area contributed by atoms with Gasteiger partial charge in [0.25, 0.3) is 5.91 Å². The zero-order chi connectivity index (χ0) is 27.1. The molecule has 3 atom stereocenters. The maximum Gasteiger partial charge on any atom is 0.289 e. The number of nitrogens with one attached hydrogen (secondary N) is 1. The van der Waals surface area contributed by atoms with Crippen LogP contribution in [0.1, 0.15) is 34.7 Å². The van der Waals surface area contributed by atoms with Gasteiger partial charge in [-0.3, -0.25) is 9.59 Å². The Morgan fingerprint density at radius 2 is 1.69 bits per heavy atom. The van der Waals surface area contributed by atoms with Gasteiger partial charge in [0.05, 0.1) is 35.4 Å². The first-order valence-corrected chi connectivity index (χ1v) is 12.6. The zero-order valence-corrected chi connectivity index (χ0v) is 21.3. The van der Waals surface area contributed by atoms with E-state index in [0.29, 0.717) is 5.69 Å². The number of aryl methyl sites for hydroxylation is 1. The minimum Gasteiger partial charge on any atom is -0.343 e. The lowest BCUT2D eigenvalue weighted by molar-refractivity contribution is -0.120. The van der Waals surface area contributed by atoms with E-state index in [9.17, 15) is 14.0 Å². The summed E-state index contributed by atoms with van der Waals surface area (Å²) >= 11 is 0. The molecule has 0 bridgehead atoms. The molecule has 1 aliphatic heterocycles. The SMILES string of the molecule is Cc1cccc(C2C(NC(=O)c3ncccn3)C(C)C(=O)N2c2ccc3c(cnn3-c3ccc(F)cc3)c2)c1. The van der Waals surface area contributed by atoms with Gasteiger partial charge in [0.2, 0.25) is 11.7 Å². The molecule has 1 fully saturated rings. The molecule has 1 N–H and O–H groups in total. The third kappa shape index (κ3) is 4.41. The van der Waals surface area contributed by atoms with E-state index in [1.54, 1.807) is 34.0 Å². The van der Waals surface area contributed by atoms with Crippen LogP contribution >= 0.6 is 0 Å².